The fourth-order valence-corrected chi connectivity index (χ4v) is 2.80. The number of likely N-dealkylation sites (N-methyl/N-ethyl adjacent to an activating group) is 1. The van der Waals surface area contributed by atoms with Crippen LogP contribution in [0.2, 0.25) is 0 Å². The van der Waals surface area contributed by atoms with E-state index in [2.05, 4.69) is 58.6 Å². The van der Waals surface area contributed by atoms with Crippen LogP contribution in [0.1, 0.15) is 12.5 Å². The van der Waals surface area contributed by atoms with E-state index in [0.29, 0.717) is 19.1 Å². The van der Waals surface area contributed by atoms with Crippen LogP contribution in [0.15, 0.2) is 29.3 Å². The van der Waals surface area contributed by atoms with Crippen molar-refractivity contribution >= 4 is 21.5 Å². The normalized spacial score (nSPS) is 12.1. The van der Waals surface area contributed by atoms with E-state index in [-0.39, 0.29) is 12.4 Å². The first-order chi connectivity index (χ1) is 12.4. The fourth-order valence-electron chi connectivity index (χ4n) is 2.38. The summed E-state index contributed by atoms with van der Waals surface area (Å²) in [4.78, 5) is 6.49. The molecule has 0 atom stereocenters. The number of guanidine groups is 1. The second-order valence-corrected chi connectivity index (χ2v) is 8.35. The summed E-state index contributed by atoms with van der Waals surface area (Å²) in [6.45, 7) is 8.02. The quantitative estimate of drug-likeness (QED) is 0.337. The van der Waals surface area contributed by atoms with Crippen LogP contribution >= 0.6 is 0 Å². The lowest BCUT2D eigenvalue weighted by molar-refractivity contribution is 0.154. The summed E-state index contributed by atoms with van der Waals surface area (Å²) < 4.78 is 27.3. The first-order valence-corrected chi connectivity index (χ1v) is 10.9. The van der Waals surface area contributed by atoms with Gasteiger partial charge in [0.2, 0.25) is 0 Å². The Morgan fingerprint density at radius 3 is 2.58 bits per heavy atom. The van der Waals surface area contributed by atoms with E-state index in [9.17, 15) is 8.42 Å². The number of nitrogens with zero attached hydrogens (tertiary/aromatic N) is 2. The topological polar surface area (TPSA) is 83.0 Å². The van der Waals surface area contributed by atoms with Crippen LogP contribution in [-0.2, 0) is 14.6 Å². The third-order valence-corrected chi connectivity index (χ3v) is 4.69. The van der Waals surface area contributed by atoms with Crippen LogP contribution in [-0.4, -0.2) is 72.8 Å². The van der Waals surface area contributed by atoms with E-state index in [0.717, 1.165) is 19.6 Å². The number of ether oxygens (including phenoxy) is 1. The Labute approximate surface area is 157 Å². The number of sulfone groups is 1. The highest BCUT2D eigenvalue weighted by Crippen LogP contribution is 2.14. The van der Waals surface area contributed by atoms with Gasteiger partial charge in [0, 0.05) is 45.2 Å². The van der Waals surface area contributed by atoms with E-state index in [1.807, 2.05) is 0 Å². The van der Waals surface area contributed by atoms with Crippen LogP contribution in [0.5, 0.6) is 0 Å². The van der Waals surface area contributed by atoms with Gasteiger partial charge in [-0.05, 0) is 31.5 Å². The van der Waals surface area contributed by atoms with Crippen molar-refractivity contribution in [3.05, 3.63) is 29.8 Å². The monoisotopic (exact) mass is 384 g/mol. The molecule has 0 aliphatic heterocycles. The third-order valence-electron chi connectivity index (χ3n) is 3.78. The number of aliphatic imine (C=N–C) groups is 1. The minimum atomic E-state index is -2.97. The summed E-state index contributed by atoms with van der Waals surface area (Å²) in [5, 5.41) is 6.43. The number of rotatable bonds is 11. The van der Waals surface area contributed by atoms with Crippen LogP contribution in [0.4, 0.5) is 5.69 Å². The second kappa shape index (κ2) is 11.7. The van der Waals surface area contributed by atoms with Gasteiger partial charge in [-0.3, -0.25) is 4.99 Å². The molecule has 148 valence electrons. The lowest BCUT2D eigenvalue weighted by Crippen LogP contribution is -2.42. The predicted molar refractivity (Wildman–Crippen MR) is 109 cm³/mol. The van der Waals surface area contributed by atoms with Crippen molar-refractivity contribution in [2.24, 2.45) is 4.99 Å². The van der Waals surface area contributed by atoms with Gasteiger partial charge >= 0.3 is 0 Å². The van der Waals surface area contributed by atoms with Crippen molar-refractivity contribution in [3.8, 4) is 0 Å². The van der Waals surface area contributed by atoms with Crippen molar-refractivity contribution in [2.45, 2.75) is 13.8 Å². The number of benzene rings is 1. The second-order valence-electron chi connectivity index (χ2n) is 6.09. The molecule has 0 bridgehead atoms. The lowest BCUT2D eigenvalue weighted by Gasteiger charge is -2.24. The first-order valence-electron chi connectivity index (χ1n) is 8.87. The molecule has 0 spiro atoms. The lowest BCUT2D eigenvalue weighted by atomic mass is 10.2. The van der Waals surface area contributed by atoms with E-state index in [4.69, 9.17) is 4.74 Å². The fraction of sp³-hybridized carbons (Fsp3) is 0.611. The highest BCUT2D eigenvalue weighted by molar-refractivity contribution is 7.90. The molecule has 0 saturated heterocycles. The van der Waals surface area contributed by atoms with Gasteiger partial charge in [-0.25, -0.2) is 8.42 Å². The standard InChI is InChI=1S/C18H32N4O3S/c1-5-22(17-8-6-7-16(2)15-17)11-9-20-18(19-3)21-10-12-25-13-14-26(4,23)24/h6-8,15H,5,9-14H2,1-4H3,(H2,19,20,21). The average Bonchev–Trinajstić information content (AvgIpc) is 2.58. The average molecular weight is 385 g/mol. The maximum atomic E-state index is 11.0. The van der Waals surface area contributed by atoms with Gasteiger partial charge in [-0.15, -0.1) is 0 Å². The van der Waals surface area contributed by atoms with Crippen LogP contribution in [0, 0.1) is 6.92 Å². The Morgan fingerprint density at radius 2 is 1.96 bits per heavy atom. The molecule has 26 heavy (non-hydrogen) atoms. The van der Waals surface area contributed by atoms with Gasteiger partial charge in [-0.1, -0.05) is 12.1 Å². The zero-order valence-corrected chi connectivity index (χ0v) is 17.1. The Hall–Kier alpha value is -1.80. The van der Waals surface area contributed by atoms with Crippen LogP contribution in [0.25, 0.3) is 0 Å². The molecule has 0 saturated carbocycles. The zero-order valence-electron chi connectivity index (χ0n) is 16.3. The number of hydrogen-bond acceptors (Lipinski definition) is 5. The molecular formula is C18H32N4O3S. The van der Waals surface area contributed by atoms with Gasteiger partial charge < -0.3 is 20.3 Å². The predicted octanol–water partition coefficient (Wildman–Crippen LogP) is 1.05. The number of anilines is 1. The molecule has 0 radical (unpaired) electrons. The molecule has 0 fully saturated rings. The Morgan fingerprint density at radius 1 is 1.23 bits per heavy atom. The molecular weight excluding hydrogens is 352 g/mol. The molecule has 0 amide bonds. The van der Waals surface area contributed by atoms with Crippen molar-refractivity contribution in [3.63, 3.8) is 0 Å². The summed E-state index contributed by atoms with van der Waals surface area (Å²) in [6.07, 6.45) is 1.21. The van der Waals surface area contributed by atoms with Crippen LogP contribution < -0.4 is 15.5 Å². The summed E-state index contributed by atoms with van der Waals surface area (Å²) in [5.74, 6) is 0.753. The summed E-state index contributed by atoms with van der Waals surface area (Å²) in [7, 11) is -1.25. The highest BCUT2D eigenvalue weighted by atomic mass is 32.2. The smallest absolute Gasteiger partial charge is 0.191 e. The van der Waals surface area contributed by atoms with Crippen molar-refractivity contribution in [2.75, 3.05) is 63.3 Å². The third kappa shape index (κ3) is 9.62. The molecule has 0 aromatic heterocycles. The zero-order chi connectivity index (χ0) is 19.4. The minimum Gasteiger partial charge on any atom is -0.379 e. The number of nitrogens with one attached hydrogen (secondary N) is 2. The van der Waals surface area contributed by atoms with Gasteiger partial charge in [0.25, 0.3) is 0 Å². The highest BCUT2D eigenvalue weighted by Gasteiger charge is 2.05. The van der Waals surface area contributed by atoms with E-state index >= 15 is 0 Å². The van der Waals surface area contributed by atoms with E-state index in [1.165, 1.54) is 17.5 Å². The Kier molecular flexibility index (Phi) is 10.0. The SMILES string of the molecule is CCN(CCNC(=NC)NCCOCCS(C)(=O)=O)c1cccc(C)c1. The van der Waals surface area contributed by atoms with Gasteiger partial charge in [0.15, 0.2) is 5.96 Å². The minimum absolute atomic E-state index is 0.0474. The summed E-state index contributed by atoms with van der Waals surface area (Å²) in [5.41, 5.74) is 2.47. The van der Waals surface area contributed by atoms with Crippen molar-refractivity contribution in [1.82, 2.24) is 10.6 Å². The van der Waals surface area contributed by atoms with Gasteiger partial charge in [0.05, 0.1) is 19.0 Å². The maximum Gasteiger partial charge on any atom is 0.191 e. The molecule has 0 aliphatic rings. The molecule has 2 N–H and O–H groups in total. The molecule has 1 rings (SSSR count). The van der Waals surface area contributed by atoms with Crippen molar-refractivity contribution < 1.29 is 13.2 Å². The molecule has 0 unspecified atom stereocenters. The van der Waals surface area contributed by atoms with Crippen molar-refractivity contribution in [1.29, 1.82) is 0 Å². The molecule has 7 nitrogen and oxygen atoms in total. The van der Waals surface area contributed by atoms with E-state index in [1.54, 1.807) is 7.05 Å². The van der Waals surface area contributed by atoms with E-state index < -0.39 is 9.84 Å². The summed E-state index contributed by atoms with van der Waals surface area (Å²) >= 11 is 0. The molecule has 0 heterocycles. The maximum absolute atomic E-state index is 11.0. The Bertz CT molecular complexity index is 662. The molecule has 8 heteroatoms. The Balaban J connectivity index is 2.27. The number of aryl methyl sites for hydroxylation is 1. The summed E-state index contributed by atoms with van der Waals surface area (Å²) in [6, 6.07) is 8.48. The molecule has 0 aliphatic carbocycles. The number of hydrogen-bond donors (Lipinski definition) is 2. The van der Waals surface area contributed by atoms with Gasteiger partial charge in [-0.2, -0.15) is 0 Å². The first kappa shape index (κ1) is 22.2. The largest absolute Gasteiger partial charge is 0.379 e. The molecule has 1 aromatic carbocycles. The van der Waals surface area contributed by atoms with Crippen LogP contribution in [0.3, 0.4) is 0 Å². The molecule has 1 aromatic rings. The van der Waals surface area contributed by atoms with Gasteiger partial charge in [0.1, 0.15) is 9.84 Å².